The topological polar surface area (TPSA) is 0 Å². The number of allylic oxidation sites excluding steroid dienone is 2. The van der Waals surface area contributed by atoms with Crippen LogP contribution in [0.2, 0.25) is 5.32 Å². The molecule has 0 nitrogen and oxygen atoms in total. The van der Waals surface area contributed by atoms with Gasteiger partial charge in [0, 0.05) is 0 Å². The summed E-state index contributed by atoms with van der Waals surface area (Å²) in [6.45, 7) is 2.23. The number of hydrogen-bond acceptors (Lipinski definition) is 0. The predicted octanol–water partition coefficient (Wildman–Crippen LogP) is 1.42. The molecule has 1 aliphatic rings. The Morgan fingerprint density at radius 3 is 2.83 bits per heavy atom. The van der Waals surface area contributed by atoms with Crippen molar-refractivity contribution in [3.8, 4) is 0 Å². The van der Waals surface area contributed by atoms with Crippen LogP contribution in [-0.4, -0.2) is 15.0 Å². The summed E-state index contributed by atoms with van der Waals surface area (Å²) in [5.74, 6) is 0. The zero-order valence-corrected chi connectivity index (χ0v) is 5.61. The second-order valence-electron chi connectivity index (χ2n) is 1.45. The molecular formula is C5H8Se. The summed E-state index contributed by atoms with van der Waals surface area (Å²) in [7, 11) is 0. The molecule has 0 saturated heterocycles. The van der Waals surface area contributed by atoms with Gasteiger partial charge in [0.05, 0.1) is 0 Å². The Balaban J connectivity index is 2.45. The Morgan fingerprint density at radius 1 is 1.83 bits per heavy atom. The van der Waals surface area contributed by atoms with Crippen molar-refractivity contribution in [1.29, 1.82) is 0 Å². The van der Waals surface area contributed by atoms with Gasteiger partial charge in [-0.2, -0.15) is 0 Å². The maximum absolute atomic E-state index is 2.35. The van der Waals surface area contributed by atoms with Crippen LogP contribution in [0.4, 0.5) is 0 Å². The minimum atomic E-state index is 0.889. The molecule has 0 fully saturated rings. The Bertz CT molecular complexity index is 74.0. The molecule has 0 saturated carbocycles. The van der Waals surface area contributed by atoms with Crippen LogP contribution >= 0.6 is 0 Å². The standard InChI is InChI=1S/C5H8Se/c1-5-3-2-4-6-5/h3H,2,4H2,1H3. The van der Waals surface area contributed by atoms with Crippen LogP contribution in [-0.2, 0) is 0 Å². The van der Waals surface area contributed by atoms with Gasteiger partial charge in [0.2, 0.25) is 0 Å². The van der Waals surface area contributed by atoms with Crippen LogP contribution in [0.25, 0.3) is 0 Å². The predicted molar refractivity (Wildman–Crippen MR) is 28.9 cm³/mol. The third-order valence-electron chi connectivity index (χ3n) is 0.879. The SMILES string of the molecule is CC1=CCC[Se]1. The van der Waals surface area contributed by atoms with E-state index in [0.717, 1.165) is 15.0 Å². The van der Waals surface area contributed by atoms with Gasteiger partial charge in [-0.1, -0.05) is 0 Å². The van der Waals surface area contributed by atoms with E-state index in [4.69, 9.17) is 0 Å². The van der Waals surface area contributed by atoms with E-state index in [-0.39, 0.29) is 0 Å². The number of rotatable bonds is 0. The normalized spacial score (nSPS) is 21.2. The molecule has 0 amide bonds. The van der Waals surface area contributed by atoms with E-state index < -0.39 is 0 Å². The van der Waals surface area contributed by atoms with Gasteiger partial charge in [0.1, 0.15) is 0 Å². The summed E-state index contributed by atoms with van der Waals surface area (Å²) in [6, 6.07) is 0. The third-order valence-corrected chi connectivity index (χ3v) is 3.11. The molecule has 1 rings (SSSR count). The molecule has 0 N–H and O–H groups in total. The van der Waals surface area contributed by atoms with Crippen molar-refractivity contribution >= 4 is 15.0 Å². The van der Waals surface area contributed by atoms with Crippen molar-refractivity contribution in [3.63, 3.8) is 0 Å². The fourth-order valence-corrected chi connectivity index (χ4v) is 2.21. The molecule has 1 aliphatic heterocycles. The molecule has 0 bridgehead atoms. The summed E-state index contributed by atoms with van der Waals surface area (Å²) in [5.41, 5.74) is 0. The first kappa shape index (κ1) is 4.42. The van der Waals surface area contributed by atoms with Crippen molar-refractivity contribution in [2.45, 2.75) is 18.7 Å². The van der Waals surface area contributed by atoms with Gasteiger partial charge < -0.3 is 0 Å². The van der Waals surface area contributed by atoms with Crippen molar-refractivity contribution < 1.29 is 0 Å². The van der Waals surface area contributed by atoms with Crippen molar-refractivity contribution in [2.75, 3.05) is 0 Å². The van der Waals surface area contributed by atoms with Gasteiger partial charge >= 0.3 is 44.2 Å². The molecule has 0 aromatic carbocycles. The van der Waals surface area contributed by atoms with E-state index in [1.807, 2.05) is 0 Å². The molecule has 0 aliphatic carbocycles. The van der Waals surface area contributed by atoms with E-state index in [1.165, 1.54) is 11.7 Å². The molecule has 34 valence electrons. The van der Waals surface area contributed by atoms with E-state index >= 15 is 0 Å². The second-order valence-corrected chi connectivity index (χ2v) is 4.27. The first-order valence-corrected chi connectivity index (χ1v) is 4.26. The van der Waals surface area contributed by atoms with E-state index in [2.05, 4.69) is 13.0 Å². The molecule has 0 aromatic rings. The molecule has 0 unspecified atom stereocenters. The Kier molecular flexibility index (Phi) is 1.33. The minimum absolute atomic E-state index is 0.889. The Labute approximate surface area is 44.8 Å². The van der Waals surface area contributed by atoms with E-state index in [0.29, 0.717) is 0 Å². The Hall–Kier alpha value is 0.259. The van der Waals surface area contributed by atoms with Crippen LogP contribution in [0.3, 0.4) is 0 Å². The van der Waals surface area contributed by atoms with Crippen LogP contribution in [0.1, 0.15) is 13.3 Å². The van der Waals surface area contributed by atoms with Crippen LogP contribution < -0.4 is 0 Å². The number of hydrogen-bond donors (Lipinski definition) is 0. The zero-order chi connectivity index (χ0) is 4.41. The van der Waals surface area contributed by atoms with Crippen molar-refractivity contribution in [3.05, 3.63) is 10.5 Å². The first-order valence-electron chi connectivity index (χ1n) is 2.19. The van der Waals surface area contributed by atoms with Gasteiger partial charge in [-0.25, -0.2) is 0 Å². The van der Waals surface area contributed by atoms with Gasteiger partial charge in [0.25, 0.3) is 0 Å². The molecule has 1 heterocycles. The summed E-state index contributed by atoms with van der Waals surface area (Å²) >= 11 is 0.889. The van der Waals surface area contributed by atoms with Gasteiger partial charge in [-0.15, -0.1) is 0 Å². The molecule has 6 heavy (non-hydrogen) atoms. The van der Waals surface area contributed by atoms with Crippen LogP contribution in [0.5, 0.6) is 0 Å². The average molecular weight is 147 g/mol. The van der Waals surface area contributed by atoms with E-state index in [9.17, 15) is 0 Å². The summed E-state index contributed by atoms with van der Waals surface area (Å²) < 4.78 is 1.64. The molecule has 0 spiro atoms. The summed E-state index contributed by atoms with van der Waals surface area (Å²) in [5, 5.41) is 1.46. The summed E-state index contributed by atoms with van der Waals surface area (Å²) in [4.78, 5) is 0. The summed E-state index contributed by atoms with van der Waals surface area (Å²) in [6.07, 6.45) is 3.70. The molecular weight excluding hydrogens is 139 g/mol. The molecule has 0 atom stereocenters. The second kappa shape index (κ2) is 1.81. The third kappa shape index (κ3) is 0.859. The quantitative estimate of drug-likeness (QED) is 0.454. The molecule has 0 radical (unpaired) electrons. The fraction of sp³-hybridized carbons (Fsp3) is 0.600. The Morgan fingerprint density at radius 2 is 2.67 bits per heavy atom. The first-order chi connectivity index (χ1) is 2.89. The van der Waals surface area contributed by atoms with Crippen molar-refractivity contribution in [1.82, 2.24) is 0 Å². The maximum atomic E-state index is 2.35. The van der Waals surface area contributed by atoms with Gasteiger partial charge in [-0.3, -0.25) is 0 Å². The van der Waals surface area contributed by atoms with Gasteiger partial charge in [0.15, 0.2) is 0 Å². The van der Waals surface area contributed by atoms with Crippen molar-refractivity contribution in [2.24, 2.45) is 0 Å². The van der Waals surface area contributed by atoms with Crippen LogP contribution in [0, 0.1) is 0 Å². The zero-order valence-electron chi connectivity index (χ0n) is 3.90. The van der Waals surface area contributed by atoms with E-state index in [1.54, 1.807) is 4.47 Å². The van der Waals surface area contributed by atoms with Gasteiger partial charge in [-0.05, 0) is 0 Å². The van der Waals surface area contributed by atoms with Crippen LogP contribution in [0.15, 0.2) is 10.5 Å². The monoisotopic (exact) mass is 148 g/mol. The fourth-order valence-electron chi connectivity index (χ4n) is 0.541. The molecule has 0 aromatic heterocycles. The average Bonchev–Trinajstić information content (AvgIpc) is 1.86. The molecule has 1 heteroatoms.